The van der Waals surface area contributed by atoms with Gasteiger partial charge in [-0.15, -0.1) is 0 Å². The van der Waals surface area contributed by atoms with Crippen molar-refractivity contribution >= 4 is 18.1 Å². The van der Waals surface area contributed by atoms with Crippen LogP contribution < -0.4 is 16.4 Å². The molecule has 3 rings (SSSR count). The van der Waals surface area contributed by atoms with E-state index < -0.39 is 24.3 Å². The van der Waals surface area contributed by atoms with E-state index in [0.717, 1.165) is 12.0 Å². The monoisotopic (exact) mass is 390 g/mol. The molecule has 0 bridgehead atoms. The van der Waals surface area contributed by atoms with Crippen molar-refractivity contribution in [2.45, 2.75) is 56.5 Å². The van der Waals surface area contributed by atoms with E-state index >= 15 is 0 Å². The number of nitrogens with two attached hydrogens (primary N) is 1. The molecule has 3 unspecified atom stereocenters. The summed E-state index contributed by atoms with van der Waals surface area (Å²) in [6.07, 6.45) is 0.524. The van der Waals surface area contributed by atoms with Gasteiger partial charge in [0.2, 0.25) is 5.91 Å². The predicted octanol–water partition coefficient (Wildman–Crippen LogP) is 1.03. The summed E-state index contributed by atoms with van der Waals surface area (Å²) in [7, 11) is 0. The van der Waals surface area contributed by atoms with E-state index in [1.54, 1.807) is 4.90 Å². The Labute approximate surface area is 163 Å². The Morgan fingerprint density at radius 1 is 1.18 bits per heavy atom. The molecule has 9 heteroatoms. The Kier molecular flexibility index (Phi) is 6.35. The minimum atomic E-state index is -1.13. The van der Waals surface area contributed by atoms with Gasteiger partial charge in [-0.3, -0.25) is 4.79 Å². The van der Waals surface area contributed by atoms with Crippen LogP contribution in [0.2, 0.25) is 0 Å². The van der Waals surface area contributed by atoms with E-state index in [9.17, 15) is 14.4 Å². The molecule has 5 N–H and O–H groups in total. The van der Waals surface area contributed by atoms with Crippen LogP contribution in [0.1, 0.15) is 31.2 Å². The first-order valence-corrected chi connectivity index (χ1v) is 9.46. The quantitative estimate of drug-likeness (QED) is 0.593. The van der Waals surface area contributed by atoms with Gasteiger partial charge < -0.3 is 31.1 Å². The summed E-state index contributed by atoms with van der Waals surface area (Å²) in [5.41, 5.74) is 6.82. The van der Waals surface area contributed by atoms with Gasteiger partial charge in [-0.25, -0.2) is 9.59 Å². The summed E-state index contributed by atoms with van der Waals surface area (Å²) in [5.74, 6) is -0.214. The molecule has 1 aliphatic carbocycles. The number of carbonyl (C=O) groups excluding carboxylic acids is 2. The molecule has 1 saturated carbocycles. The fourth-order valence-corrected chi connectivity index (χ4v) is 3.95. The maximum absolute atomic E-state index is 12.8. The first-order chi connectivity index (χ1) is 13.4. The minimum Gasteiger partial charge on any atom is -0.465 e. The summed E-state index contributed by atoms with van der Waals surface area (Å²) in [6, 6.07) is 7.86. The highest BCUT2D eigenvalue weighted by Gasteiger charge is 2.42. The van der Waals surface area contributed by atoms with Gasteiger partial charge in [0.1, 0.15) is 12.6 Å². The Morgan fingerprint density at radius 2 is 1.93 bits per heavy atom. The smallest absolute Gasteiger partial charge is 0.408 e. The first kappa shape index (κ1) is 19.9. The van der Waals surface area contributed by atoms with Crippen LogP contribution in [0, 0.1) is 0 Å². The Bertz CT molecular complexity index is 714. The van der Waals surface area contributed by atoms with Gasteiger partial charge in [-0.1, -0.05) is 30.3 Å². The third-order valence-corrected chi connectivity index (χ3v) is 5.31. The first-order valence-electron chi connectivity index (χ1n) is 9.46. The molecule has 1 aromatic rings. The van der Waals surface area contributed by atoms with Crippen LogP contribution in [-0.4, -0.2) is 58.8 Å². The molecule has 28 heavy (non-hydrogen) atoms. The van der Waals surface area contributed by atoms with Crippen molar-refractivity contribution in [3.05, 3.63) is 35.9 Å². The van der Waals surface area contributed by atoms with E-state index in [2.05, 4.69) is 10.6 Å². The molecule has 1 aliphatic heterocycles. The van der Waals surface area contributed by atoms with Crippen molar-refractivity contribution < 1.29 is 24.2 Å². The van der Waals surface area contributed by atoms with Gasteiger partial charge in [0.25, 0.3) is 0 Å². The molecule has 4 atom stereocenters. The standard InChI is InChI=1S/C19H26N4O5/c20-13-6-7-16(15(10-13)21-18(25)26)23-9-8-14(17(23)24)22-19(27)28-11-12-4-2-1-3-5-12/h1-5,13-16,21H,6-11,20H2,(H,22,27)(H,25,26)/t13?,14-,15?,16?/m0/s1. The van der Waals surface area contributed by atoms with Gasteiger partial charge in [0.15, 0.2) is 0 Å². The largest absolute Gasteiger partial charge is 0.465 e. The van der Waals surface area contributed by atoms with Crippen molar-refractivity contribution in [3.8, 4) is 0 Å². The van der Waals surface area contributed by atoms with Crippen LogP contribution in [0.3, 0.4) is 0 Å². The highest BCUT2D eigenvalue weighted by atomic mass is 16.5. The molecular weight excluding hydrogens is 364 g/mol. The van der Waals surface area contributed by atoms with E-state index in [-0.39, 0.29) is 24.6 Å². The topological polar surface area (TPSA) is 134 Å². The number of ether oxygens (including phenoxy) is 1. The van der Waals surface area contributed by atoms with E-state index in [1.807, 2.05) is 30.3 Å². The van der Waals surface area contributed by atoms with Crippen LogP contribution >= 0.6 is 0 Å². The van der Waals surface area contributed by atoms with Gasteiger partial charge >= 0.3 is 12.2 Å². The lowest BCUT2D eigenvalue weighted by Crippen LogP contribution is -2.57. The van der Waals surface area contributed by atoms with Crippen molar-refractivity contribution in [2.24, 2.45) is 5.73 Å². The number of carboxylic acid groups (broad SMARTS) is 1. The maximum atomic E-state index is 12.8. The van der Waals surface area contributed by atoms with Gasteiger partial charge in [-0.05, 0) is 31.2 Å². The summed E-state index contributed by atoms with van der Waals surface area (Å²) < 4.78 is 5.18. The number of alkyl carbamates (subject to hydrolysis) is 1. The second-order valence-electron chi connectivity index (χ2n) is 7.28. The van der Waals surface area contributed by atoms with E-state index in [1.165, 1.54) is 0 Å². The van der Waals surface area contributed by atoms with Crippen LogP contribution in [0.25, 0.3) is 0 Å². The number of benzene rings is 1. The highest BCUT2D eigenvalue weighted by Crippen LogP contribution is 2.27. The number of carbonyl (C=O) groups is 3. The molecule has 152 valence electrons. The van der Waals surface area contributed by atoms with Crippen LogP contribution in [0.5, 0.6) is 0 Å². The van der Waals surface area contributed by atoms with Gasteiger partial charge in [-0.2, -0.15) is 0 Å². The molecule has 0 spiro atoms. The molecule has 9 nitrogen and oxygen atoms in total. The van der Waals surface area contributed by atoms with Crippen molar-refractivity contribution in [1.82, 2.24) is 15.5 Å². The van der Waals surface area contributed by atoms with Crippen molar-refractivity contribution in [2.75, 3.05) is 6.54 Å². The number of rotatable bonds is 5. The zero-order valence-corrected chi connectivity index (χ0v) is 15.5. The number of nitrogens with zero attached hydrogens (tertiary/aromatic N) is 1. The second-order valence-corrected chi connectivity index (χ2v) is 7.28. The number of hydrogen-bond donors (Lipinski definition) is 4. The molecule has 0 aromatic heterocycles. The summed E-state index contributed by atoms with van der Waals surface area (Å²) in [4.78, 5) is 37.6. The summed E-state index contributed by atoms with van der Waals surface area (Å²) >= 11 is 0. The van der Waals surface area contributed by atoms with Crippen LogP contribution in [-0.2, 0) is 16.1 Å². The lowest BCUT2D eigenvalue weighted by Gasteiger charge is -2.40. The lowest BCUT2D eigenvalue weighted by atomic mass is 9.86. The fraction of sp³-hybridized carbons (Fsp3) is 0.526. The minimum absolute atomic E-state index is 0.0901. The lowest BCUT2D eigenvalue weighted by molar-refractivity contribution is -0.132. The molecular formula is C19H26N4O5. The van der Waals surface area contributed by atoms with Gasteiger partial charge in [0, 0.05) is 12.6 Å². The SMILES string of the molecule is NC1CCC(N2CC[C@H](NC(=O)OCc3ccccc3)C2=O)C(NC(=O)O)C1. The number of amides is 3. The van der Waals surface area contributed by atoms with Gasteiger partial charge in [0.05, 0.1) is 12.1 Å². The Hall–Kier alpha value is -2.81. The zero-order valence-electron chi connectivity index (χ0n) is 15.5. The van der Waals surface area contributed by atoms with Crippen molar-refractivity contribution in [1.29, 1.82) is 0 Å². The highest BCUT2D eigenvalue weighted by molar-refractivity contribution is 5.87. The fourth-order valence-electron chi connectivity index (χ4n) is 3.95. The summed E-state index contributed by atoms with van der Waals surface area (Å²) in [6.45, 7) is 0.586. The molecule has 1 heterocycles. The number of nitrogens with one attached hydrogen (secondary N) is 2. The molecule has 1 aromatic carbocycles. The zero-order chi connectivity index (χ0) is 20.1. The van der Waals surface area contributed by atoms with E-state index in [4.69, 9.17) is 15.6 Å². The molecule has 0 radical (unpaired) electrons. The Balaban J connectivity index is 1.54. The molecule has 1 saturated heterocycles. The predicted molar refractivity (Wildman–Crippen MR) is 100 cm³/mol. The number of likely N-dealkylation sites (tertiary alicyclic amines) is 1. The molecule has 2 aliphatic rings. The van der Waals surface area contributed by atoms with Crippen LogP contribution in [0.15, 0.2) is 30.3 Å². The van der Waals surface area contributed by atoms with E-state index in [0.29, 0.717) is 25.8 Å². The maximum Gasteiger partial charge on any atom is 0.408 e. The second kappa shape index (κ2) is 8.92. The molecule has 2 fully saturated rings. The number of hydrogen-bond acceptors (Lipinski definition) is 5. The molecule has 3 amide bonds. The average Bonchev–Trinajstić information content (AvgIpc) is 3.01. The third-order valence-electron chi connectivity index (χ3n) is 5.31. The van der Waals surface area contributed by atoms with Crippen LogP contribution in [0.4, 0.5) is 9.59 Å². The van der Waals surface area contributed by atoms with Crippen molar-refractivity contribution in [3.63, 3.8) is 0 Å². The Morgan fingerprint density at radius 3 is 2.64 bits per heavy atom. The summed E-state index contributed by atoms with van der Waals surface area (Å²) in [5, 5.41) is 14.2. The average molecular weight is 390 g/mol. The normalized spacial score (nSPS) is 27.3. The third kappa shape index (κ3) is 4.92.